The van der Waals surface area contributed by atoms with E-state index in [4.69, 9.17) is 14.5 Å². The normalized spacial score (nSPS) is 17.1. The van der Waals surface area contributed by atoms with Crippen molar-refractivity contribution < 1.29 is 9.47 Å². The summed E-state index contributed by atoms with van der Waals surface area (Å²) >= 11 is 0. The van der Waals surface area contributed by atoms with Crippen LogP contribution in [0.4, 0.5) is 0 Å². The van der Waals surface area contributed by atoms with Crippen LogP contribution in [0.3, 0.4) is 0 Å². The average Bonchev–Trinajstić information content (AvgIpc) is 2.65. The van der Waals surface area contributed by atoms with E-state index in [0.29, 0.717) is 6.54 Å². The molecule has 2 rings (SSSR count). The quantitative estimate of drug-likeness (QED) is 0.349. The number of rotatable bonds is 7. The Kier molecular flexibility index (Phi) is 10.0. The van der Waals surface area contributed by atoms with Gasteiger partial charge in [-0.2, -0.15) is 0 Å². The van der Waals surface area contributed by atoms with Crippen LogP contribution in [0, 0.1) is 6.92 Å². The highest BCUT2D eigenvalue weighted by molar-refractivity contribution is 14.0. The second kappa shape index (κ2) is 11.2. The molecule has 0 atom stereocenters. The lowest BCUT2D eigenvalue weighted by Crippen LogP contribution is -2.48. The van der Waals surface area contributed by atoms with Crippen molar-refractivity contribution in [3.8, 4) is 0 Å². The Bertz CT molecular complexity index is 599. The number of nitrogens with one attached hydrogen (secondary N) is 2. The lowest BCUT2D eigenvalue weighted by atomic mass is 9.72. The van der Waals surface area contributed by atoms with Crippen LogP contribution >= 0.6 is 24.0 Å². The maximum Gasteiger partial charge on any atom is 0.191 e. The maximum absolute atomic E-state index is 5.66. The predicted octanol–water partition coefficient (Wildman–Crippen LogP) is 3.64. The number of aryl methyl sites for hydroxylation is 1. The molecule has 27 heavy (non-hydrogen) atoms. The number of methoxy groups -OCH3 is 1. The van der Waals surface area contributed by atoms with Gasteiger partial charge in [-0.1, -0.05) is 24.3 Å². The Morgan fingerprint density at radius 3 is 2.48 bits per heavy atom. The Morgan fingerprint density at radius 2 is 1.89 bits per heavy atom. The third-order valence-electron chi connectivity index (χ3n) is 5.28. The van der Waals surface area contributed by atoms with Gasteiger partial charge in [-0.15, -0.1) is 24.0 Å². The number of hydrogen-bond donors (Lipinski definition) is 2. The molecule has 0 unspecified atom stereocenters. The Labute approximate surface area is 181 Å². The van der Waals surface area contributed by atoms with Crippen LogP contribution in [0.25, 0.3) is 0 Å². The molecule has 5 nitrogen and oxygen atoms in total. The van der Waals surface area contributed by atoms with Gasteiger partial charge in [-0.05, 0) is 51.7 Å². The topological polar surface area (TPSA) is 54.9 Å². The minimum absolute atomic E-state index is 0. The molecule has 6 heteroatoms. The molecule has 1 heterocycles. The molecule has 0 amide bonds. The Balaban J connectivity index is 0.00000364. The van der Waals surface area contributed by atoms with E-state index in [9.17, 15) is 0 Å². The summed E-state index contributed by atoms with van der Waals surface area (Å²) in [5.41, 5.74) is 2.58. The zero-order valence-corrected chi connectivity index (χ0v) is 19.8. The van der Waals surface area contributed by atoms with Gasteiger partial charge in [0.25, 0.3) is 0 Å². The van der Waals surface area contributed by atoms with Crippen LogP contribution in [0.15, 0.2) is 29.3 Å². The van der Waals surface area contributed by atoms with E-state index in [1.807, 2.05) is 13.8 Å². The Hall–Kier alpha value is -0.860. The van der Waals surface area contributed by atoms with E-state index < -0.39 is 0 Å². The second-order valence-corrected chi connectivity index (χ2v) is 7.72. The van der Waals surface area contributed by atoms with Gasteiger partial charge >= 0.3 is 0 Å². The van der Waals surface area contributed by atoms with Gasteiger partial charge in [-0.3, -0.25) is 4.99 Å². The third-order valence-corrected chi connectivity index (χ3v) is 5.28. The summed E-state index contributed by atoms with van der Waals surface area (Å²) < 4.78 is 11.1. The smallest absolute Gasteiger partial charge is 0.191 e. The molecule has 2 N–H and O–H groups in total. The molecule has 0 bridgehead atoms. The van der Waals surface area contributed by atoms with Gasteiger partial charge in [0.05, 0.1) is 12.1 Å². The number of benzene rings is 1. The van der Waals surface area contributed by atoms with Crippen LogP contribution < -0.4 is 10.6 Å². The molecular weight excluding hydrogens is 453 g/mol. The van der Waals surface area contributed by atoms with E-state index in [1.54, 1.807) is 7.11 Å². The second-order valence-electron chi connectivity index (χ2n) is 7.72. The molecule has 0 radical (unpaired) electrons. The standard InChI is InChI=1S/C21H35N3O2.HI/c1-6-22-19(23-15-20(3,4)25-5)24-16-21(11-13-26-14-12-21)18-10-8-7-9-17(18)2;/h7-10H,6,11-16H2,1-5H3,(H2,22,23,24);1H. The number of guanidine groups is 1. The van der Waals surface area contributed by atoms with Crippen molar-refractivity contribution in [2.45, 2.75) is 51.6 Å². The van der Waals surface area contributed by atoms with Crippen molar-refractivity contribution in [2.24, 2.45) is 4.99 Å². The first-order valence-electron chi connectivity index (χ1n) is 9.64. The monoisotopic (exact) mass is 489 g/mol. The van der Waals surface area contributed by atoms with Crippen molar-refractivity contribution in [3.63, 3.8) is 0 Å². The molecule has 0 saturated carbocycles. The summed E-state index contributed by atoms with van der Waals surface area (Å²) in [7, 11) is 1.73. The molecule has 0 spiro atoms. The minimum atomic E-state index is -0.269. The molecule has 0 aliphatic carbocycles. The molecule has 1 aromatic carbocycles. The number of hydrogen-bond acceptors (Lipinski definition) is 3. The maximum atomic E-state index is 5.66. The van der Waals surface area contributed by atoms with E-state index >= 15 is 0 Å². The lowest BCUT2D eigenvalue weighted by Gasteiger charge is -2.39. The largest absolute Gasteiger partial charge is 0.381 e. The van der Waals surface area contributed by atoms with Gasteiger partial charge in [0.15, 0.2) is 5.96 Å². The average molecular weight is 489 g/mol. The molecule has 154 valence electrons. The van der Waals surface area contributed by atoms with Crippen LogP contribution in [0.2, 0.25) is 0 Å². The Morgan fingerprint density at radius 1 is 1.22 bits per heavy atom. The van der Waals surface area contributed by atoms with Gasteiger partial charge in [0.1, 0.15) is 0 Å². The van der Waals surface area contributed by atoms with Crippen LogP contribution in [-0.2, 0) is 14.9 Å². The number of halogens is 1. The van der Waals surface area contributed by atoms with Crippen molar-refractivity contribution in [1.29, 1.82) is 0 Å². The first-order chi connectivity index (χ1) is 12.4. The first-order valence-corrected chi connectivity index (χ1v) is 9.64. The highest BCUT2D eigenvalue weighted by Gasteiger charge is 2.35. The fourth-order valence-corrected chi connectivity index (χ4v) is 3.40. The molecule has 1 fully saturated rings. The molecular formula is C21H36IN3O2. The summed E-state index contributed by atoms with van der Waals surface area (Å²) in [4.78, 5) is 4.73. The third kappa shape index (κ3) is 6.91. The number of nitrogens with zero attached hydrogens (tertiary/aromatic N) is 1. The van der Waals surface area contributed by atoms with Gasteiger partial charge in [0.2, 0.25) is 0 Å². The number of ether oxygens (including phenoxy) is 2. The summed E-state index contributed by atoms with van der Waals surface area (Å²) in [5, 5.41) is 6.94. The molecule has 1 aliphatic rings. The van der Waals surface area contributed by atoms with Crippen molar-refractivity contribution >= 4 is 29.9 Å². The van der Waals surface area contributed by atoms with Crippen molar-refractivity contribution in [1.82, 2.24) is 10.6 Å². The summed E-state index contributed by atoms with van der Waals surface area (Å²) in [5.74, 6) is 0.845. The van der Waals surface area contributed by atoms with Gasteiger partial charge < -0.3 is 20.1 Å². The molecule has 0 aromatic heterocycles. The van der Waals surface area contributed by atoms with E-state index in [1.165, 1.54) is 11.1 Å². The van der Waals surface area contributed by atoms with Crippen molar-refractivity contribution in [3.05, 3.63) is 35.4 Å². The molecule has 1 saturated heterocycles. The highest BCUT2D eigenvalue weighted by Crippen LogP contribution is 2.36. The summed E-state index contributed by atoms with van der Waals surface area (Å²) in [6, 6.07) is 8.71. The van der Waals surface area contributed by atoms with Gasteiger partial charge in [0, 0.05) is 38.8 Å². The molecule has 1 aliphatic heterocycles. The SMILES string of the molecule is CCNC(=NCC(C)(C)OC)NCC1(c2ccccc2C)CCOCC1.I. The van der Waals surface area contributed by atoms with E-state index in [-0.39, 0.29) is 35.0 Å². The minimum Gasteiger partial charge on any atom is -0.381 e. The zero-order chi connectivity index (χ0) is 19.0. The van der Waals surface area contributed by atoms with Crippen LogP contribution in [0.1, 0.15) is 44.7 Å². The fraction of sp³-hybridized carbons (Fsp3) is 0.667. The number of aliphatic imine (C=N–C) groups is 1. The van der Waals surface area contributed by atoms with E-state index in [0.717, 1.165) is 45.1 Å². The highest BCUT2D eigenvalue weighted by atomic mass is 127. The van der Waals surface area contributed by atoms with Gasteiger partial charge in [-0.25, -0.2) is 0 Å². The van der Waals surface area contributed by atoms with Crippen LogP contribution in [0.5, 0.6) is 0 Å². The van der Waals surface area contributed by atoms with Crippen molar-refractivity contribution in [2.75, 3.05) is 40.0 Å². The zero-order valence-electron chi connectivity index (χ0n) is 17.4. The summed E-state index contributed by atoms with van der Waals surface area (Å²) in [6.07, 6.45) is 2.04. The summed E-state index contributed by atoms with van der Waals surface area (Å²) in [6.45, 7) is 12.3. The fourth-order valence-electron chi connectivity index (χ4n) is 3.40. The van der Waals surface area contributed by atoms with E-state index in [2.05, 4.69) is 48.7 Å². The predicted molar refractivity (Wildman–Crippen MR) is 123 cm³/mol. The molecule has 1 aromatic rings. The lowest BCUT2D eigenvalue weighted by molar-refractivity contribution is 0.0310. The van der Waals surface area contributed by atoms with Crippen LogP contribution in [-0.4, -0.2) is 51.5 Å². The first kappa shape index (κ1) is 24.2.